The second kappa shape index (κ2) is 4.34. The second-order valence-electron chi connectivity index (χ2n) is 4.54. The Morgan fingerprint density at radius 2 is 2.00 bits per heavy atom. The van der Waals surface area contributed by atoms with E-state index in [0.29, 0.717) is 12.7 Å². The maximum Gasteiger partial charge on any atom is 0.231 e. The lowest BCUT2D eigenvalue weighted by Crippen LogP contribution is -2.05. The van der Waals surface area contributed by atoms with E-state index in [9.17, 15) is 5.11 Å². The standard InChI is InChI=1S/C13H18O3/c1-8(2)12-10(9(3)6-14)4-5-11-13(12)16-7-15-11/h4-5,8-9,14H,6-7H2,1-3H3. The summed E-state index contributed by atoms with van der Waals surface area (Å²) in [6.07, 6.45) is 0. The largest absolute Gasteiger partial charge is 0.454 e. The number of aliphatic hydroxyl groups is 1. The van der Waals surface area contributed by atoms with Crippen LogP contribution >= 0.6 is 0 Å². The average Bonchev–Trinajstić information content (AvgIpc) is 2.73. The molecule has 3 nitrogen and oxygen atoms in total. The van der Waals surface area contributed by atoms with Gasteiger partial charge in [0.1, 0.15) is 0 Å². The Morgan fingerprint density at radius 3 is 2.62 bits per heavy atom. The summed E-state index contributed by atoms with van der Waals surface area (Å²) in [7, 11) is 0. The van der Waals surface area contributed by atoms with Gasteiger partial charge in [-0.15, -0.1) is 0 Å². The van der Waals surface area contributed by atoms with Crippen molar-refractivity contribution >= 4 is 0 Å². The van der Waals surface area contributed by atoms with Crippen LogP contribution in [0.1, 0.15) is 43.7 Å². The van der Waals surface area contributed by atoms with Gasteiger partial charge in [0.25, 0.3) is 0 Å². The van der Waals surface area contributed by atoms with Gasteiger partial charge in [-0.05, 0) is 17.5 Å². The zero-order valence-electron chi connectivity index (χ0n) is 9.99. The number of fused-ring (bicyclic) bond motifs is 1. The molecule has 1 atom stereocenters. The van der Waals surface area contributed by atoms with Crippen molar-refractivity contribution in [2.45, 2.75) is 32.6 Å². The van der Waals surface area contributed by atoms with Gasteiger partial charge in [-0.1, -0.05) is 26.8 Å². The summed E-state index contributed by atoms with van der Waals surface area (Å²) in [6, 6.07) is 3.96. The van der Waals surface area contributed by atoms with Crippen molar-refractivity contribution in [3.8, 4) is 11.5 Å². The highest BCUT2D eigenvalue weighted by Gasteiger charge is 2.24. The van der Waals surface area contributed by atoms with Crippen LogP contribution in [0.5, 0.6) is 11.5 Å². The molecule has 0 fully saturated rings. The van der Waals surface area contributed by atoms with E-state index in [1.807, 2.05) is 19.1 Å². The highest BCUT2D eigenvalue weighted by atomic mass is 16.7. The molecule has 0 aliphatic carbocycles. The van der Waals surface area contributed by atoms with Crippen LogP contribution in [0.15, 0.2) is 12.1 Å². The molecule has 16 heavy (non-hydrogen) atoms. The third-order valence-electron chi connectivity index (χ3n) is 2.99. The van der Waals surface area contributed by atoms with Gasteiger partial charge in [0.2, 0.25) is 6.79 Å². The maximum absolute atomic E-state index is 9.27. The predicted molar refractivity (Wildman–Crippen MR) is 62.2 cm³/mol. The lowest BCUT2D eigenvalue weighted by atomic mass is 9.89. The molecule has 0 aromatic heterocycles. The smallest absolute Gasteiger partial charge is 0.231 e. The predicted octanol–water partition coefficient (Wildman–Crippen LogP) is 2.63. The van der Waals surface area contributed by atoms with Crippen molar-refractivity contribution in [3.05, 3.63) is 23.3 Å². The molecule has 0 radical (unpaired) electrons. The van der Waals surface area contributed by atoms with Gasteiger partial charge in [-0.3, -0.25) is 0 Å². The summed E-state index contributed by atoms with van der Waals surface area (Å²) in [6.45, 7) is 6.73. The molecule has 0 saturated carbocycles. The molecule has 1 unspecified atom stereocenters. The Hall–Kier alpha value is -1.22. The number of aliphatic hydroxyl groups excluding tert-OH is 1. The van der Waals surface area contributed by atoms with Crippen molar-refractivity contribution < 1.29 is 14.6 Å². The Kier molecular flexibility index (Phi) is 3.06. The number of ether oxygens (including phenoxy) is 2. The van der Waals surface area contributed by atoms with Crippen molar-refractivity contribution in [1.82, 2.24) is 0 Å². The van der Waals surface area contributed by atoms with Crippen LogP contribution in [0, 0.1) is 0 Å². The van der Waals surface area contributed by atoms with Crippen molar-refractivity contribution in [3.63, 3.8) is 0 Å². The van der Waals surface area contributed by atoms with Crippen LogP contribution in [-0.4, -0.2) is 18.5 Å². The van der Waals surface area contributed by atoms with E-state index in [1.165, 1.54) is 0 Å². The number of hydrogen-bond donors (Lipinski definition) is 1. The number of rotatable bonds is 3. The van der Waals surface area contributed by atoms with Crippen molar-refractivity contribution in [2.75, 3.05) is 13.4 Å². The first-order chi connectivity index (χ1) is 7.65. The monoisotopic (exact) mass is 222 g/mol. The SMILES string of the molecule is CC(C)c1c(C(C)CO)ccc2c1OCO2. The molecule has 1 aromatic rings. The fourth-order valence-corrected chi connectivity index (χ4v) is 2.13. The Bertz CT molecular complexity index is 385. The van der Waals surface area contributed by atoms with E-state index < -0.39 is 0 Å². The van der Waals surface area contributed by atoms with Gasteiger partial charge < -0.3 is 14.6 Å². The molecule has 1 aromatic carbocycles. The molecule has 1 aliphatic rings. The molecular weight excluding hydrogens is 204 g/mol. The topological polar surface area (TPSA) is 38.7 Å². The van der Waals surface area contributed by atoms with Gasteiger partial charge in [0, 0.05) is 18.1 Å². The minimum atomic E-state index is 0.131. The maximum atomic E-state index is 9.27. The average molecular weight is 222 g/mol. The Balaban J connectivity index is 2.53. The molecule has 0 spiro atoms. The molecular formula is C13H18O3. The first-order valence-electron chi connectivity index (χ1n) is 5.68. The lowest BCUT2D eigenvalue weighted by molar-refractivity contribution is 0.173. The third-order valence-corrected chi connectivity index (χ3v) is 2.99. The van der Waals surface area contributed by atoms with Crippen molar-refractivity contribution in [2.24, 2.45) is 0 Å². The van der Waals surface area contributed by atoms with Crippen LogP contribution in [0.4, 0.5) is 0 Å². The molecule has 0 saturated heterocycles. The number of benzene rings is 1. The molecule has 0 bridgehead atoms. The first kappa shape index (κ1) is 11.3. The van der Waals surface area contributed by atoms with Gasteiger partial charge in [0.15, 0.2) is 11.5 Å². The summed E-state index contributed by atoms with van der Waals surface area (Å²) < 4.78 is 10.9. The Labute approximate surface area is 96.0 Å². The summed E-state index contributed by atoms with van der Waals surface area (Å²) in [5.74, 6) is 2.16. The van der Waals surface area contributed by atoms with E-state index in [1.54, 1.807) is 0 Å². The van der Waals surface area contributed by atoms with E-state index in [2.05, 4.69) is 13.8 Å². The van der Waals surface area contributed by atoms with Gasteiger partial charge in [-0.2, -0.15) is 0 Å². The van der Waals surface area contributed by atoms with Gasteiger partial charge in [-0.25, -0.2) is 0 Å². The lowest BCUT2D eigenvalue weighted by Gasteiger charge is -2.18. The fourth-order valence-electron chi connectivity index (χ4n) is 2.13. The zero-order chi connectivity index (χ0) is 11.7. The summed E-state index contributed by atoms with van der Waals surface area (Å²) in [5, 5.41) is 9.27. The van der Waals surface area contributed by atoms with E-state index >= 15 is 0 Å². The molecule has 88 valence electrons. The first-order valence-corrected chi connectivity index (χ1v) is 5.68. The van der Waals surface area contributed by atoms with Gasteiger partial charge >= 0.3 is 0 Å². The van der Waals surface area contributed by atoms with Crippen LogP contribution in [-0.2, 0) is 0 Å². The van der Waals surface area contributed by atoms with Gasteiger partial charge in [0.05, 0.1) is 0 Å². The quantitative estimate of drug-likeness (QED) is 0.854. The highest BCUT2D eigenvalue weighted by Crippen LogP contribution is 2.43. The summed E-state index contributed by atoms with van der Waals surface area (Å²) in [5.41, 5.74) is 2.32. The minimum Gasteiger partial charge on any atom is -0.454 e. The van der Waals surface area contributed by atoms with E-state index in [0.717, 1.165) is 22.6 Å². The second-order valence-corrected chi connectivity index (χ2v) is 4.54. The van der Waals surface area contributed by atoms with E-state index in [-0.39, 0.29) is 12.5 Å². The third kappa shape index (κ3) is 1.76. The minimum absolute atomic E-state index is 0.131. The van der Waals surface area contributed by atoms with E-state index in [4.69, 9.17) is 9.47 Å². The molecule has 2 rings (SSSR count). The fraction of sp³-hybridized carbons (Fsp3) is 0.538. The summed E-state index contributed by atoms with van der Waals surface area (Å²) >= 11 is 0. The zero-order valence-corrected chi connectivity index (χ0v) is 9.99. The number of hydrogen-bond acceptors (Lipinski definition) is 3. The molecule has 0 amide bonds. The molecule has 3 heteroatoms. The highest BCUT2D eigenvalue weighted by molar-refractivity contribution is 5.54. The van der Waals surface area contributed by atoms with Crippen LogP contribution in [0.3, 0.4) is 0 Å². The van der Waals surface area contributed by atoms with Crippen molar-refractivity contribution in [1.29, 1.82) is 0 Å². The van der Waals surface area contributed by atoms with Crippen LogP contribution < -0.4 is 9.47 Å². The summed E-state index contributed by atoms with van der Waals surface area (Å²) in [4.78, 5) is 0. The Morgan fingerprint density at radius 1 is 1.25 bits per heavy atom. The normalized spacial score (nSPS) is 15.6. The van der Waals surface area contributed by atoms with Crippen LogP contribution in [0.25, 0.3) is 0 Å². The molecule has 1 N–H and O–H groups in total. The molecule has 1 heterocycles. The van der Waals surface area contributed by atoms with Crippen LogP contribution in [0.2, 0.25) is 0 Å². The molecule has 1 aliphatic heterocycles.